The van der Waals surface area contributed by atoms with Crippen molar-refractivity contribution in [3.05, 3.63) is 249 Å². The van der Waals surface area contributed by atoms with E-state index in [1.165, 1.54) is 93.4 Å². The maximum atomic E-state index is 2.49. The van der Waals surface area contributed by atoms with Gasteiger partial charge < -0.3 is 14.4 Å². The molecule has 6 heteroatoms. The molecule has 0 aliphatic heterocycles. The average molecular weight is 972 g/mol. The maximum absolute atomic E-state index is 2.49. The van der Waals surface area contributed by atoms with E-state index in [4.69, 9.17) is 0 Å². The van der Waals surface area contributed by atoms with Crippen LogP contribution in [0.2, 0.25) is 0 Å². The number of anilines is 6. The standard InChI is InChI=1S/C66H41N3S3/c1-4-16-44(17-5-1)67(47-30-34-63-55(38-47)51-23-11-14-26-61(51)70-63)49-40-57-54-37-43(42-28-32-59-53(36-42)50-22-10-13-25-58(50)69(59)46-20-8-3-9-21-46)29-33-65(54)72-66(57)60(41-49)68(45-18-6-2-7-19-45)48-31-35-64-56(39-48)52-24-12-15-27-62(52)71-64/h1-41H. The van der Waals surface area contributed by atoms with Crippen LogP contribution in [0.25, 0.3) is 99.1 Å². The molecule has 338 valence electrons. The molecule has 15 aromatic rings. The number of hydrogen-bond acceptors (Lipinski definition) is 5. The fraction of sp³-hybridized carbons (Fsp3) is 0. The zero-order chi connectivity index (χ0) is 47.3. The van der Waals surface area contributed by atoms with Crippen LogP contribution in [-0.4, -0.2) is 4.57 Å². The van der Waals surface area contributed by atoms with Gasteiger partial charge in [-0.25, -0.2) is 0 Å². The molecule has 0 aliphatic rings. The molecule has 0 spiro atoms. The van der Waals surface area contributed by atoms with Crippen LogP contribution in [0, 0.1) is 0 Å². The van der Waals surface area contributed by atoms with Crippen LogP contribution in [-0.2, 0) is 0 Å². The van der Waals surface area contributed by atoms with E-state index in [1.54, 1.807) is 0 Å². The molecular formula is C66H41N3S3. The van der Waals surface area contributed by atoms with Gasteiger partial charge in [0, 0.05) is 101 Å². The number of aromatic nitrogens is 1. The molecule has 0 fully saturated rings. The number of benzene rings is 11. The van der Waals surface area contributed by atoms with Gasteiger partial charge >= 0.3 is 0 Å². The van der Waals surface area contributed by atoms with Crippen LogP contribution < -0.4 is 9.80 Å². The van der Waals surface area contributed by atoms with Crippen molar-refractivity contribution >= 4 is 150 Å². The second kappa shape index (κ2) is 16.5. The van der Waals surface area contributed by atoms with Gasteiger partial charge in [-0.1, -0.05) is 121 Å². The molecule has 0 saturated heterocycles. The third kappa shape index (κ3) is 6.61. The van der Waals surface area contributed by atoms with Gasteiger partial charge in [-0.2, -0.15) is 0 Å². The third-order valence-electron chi connectivity index (χ3n) is 14.3. The number of thiophene rings is 3. The molecule has 0 atom stereocenters. The predicted octanol–water partition coefficient (Wildman–Crippen LogP) is 20.5. The summed E-state index contributed by atoms with van der Waals surface area (Å²) in [6.45, 7) is 0. The van der Waals surface area contributed by atoms with Crippen molar-refractivity contribution in [2.45, 2.75) is 0 Å². The van der Waals surface area contributed by atoms with Crippen molar-refractivity contribution in [3.63, 3.8) is 0 Å². The summed E-state index contributed by atoms with van der Waals surface area (Å²) in [5.74, 6) is 0. The average Bonchev–Trinajstić information content (AvgIpc) is 4.21. The minimum atomic E-state index is 1.09. The van der Waals surface area contributed by atoms with E-state index in [1.807, 2.05) is 34.0 Å². The van der Waals surface area contributed by atoms with Gasteiger partial charge in [0.15, 0.2) is 0 Å². The third-order valence-corrected chi connectivity index (χ3v) is 17.8. The number of rotatable bonds is 8. The second-order valence-corrected chi connectivity index (χ2v) is 21.7. The normalized spacial score (nSPS) is 11.9. The summed E-state index contributed by atoms with van der Waals surface area (Å²) in [5.41, 5.74) is 12.6. The lowest BCUT2D eigenvalue weighted by Gasteiger charge is -2.30. The molecule has 72 heavy (non-hydrogen) atoms. The summed E-state index contributed by atoms with van der Waals surface area (Å²) in [5, 5.41) is 10.1. The van der Waals surface area contributed by atoms with Gasteiger partial charge in [-0.05, 0) is 139 Å². The summed E-state index contributed by atoms with van der Waals surface area (Å²) in [4.78, 5) is 4.94. The van der Waals surface area contributed by atoms with Crippen molar-refractivity contribution in [2.75, 3.05) is 9.80 Å². The summed E-state index contributed by atoms with van der Waals surface area (Å²) in [7, 11) is 0. The van der Waals surface area contributed by atoms with Crippen molar-refractivity contribution < 1.29 is 0 Å². The van der Waals surface area contributed by atoms with Crippen LogP contribution >= 0.6 is 34.0 Å². The summed E-state index contributed by atoms with van der Waals surface area (Å²) in [6.07, 6.45) is 0. The highest BCUT2D eigenvalue weighted by Gasteiger charge is 2.24. The number of para-hydroxylation sites is 4. The molecular weight excluding hydrogens is 931 g/mol. The lowest BCUT2D eigenvalue weighted by atomic mass is 10.00. The summed E-state index contributed by atoms with van der Waals surface area (Å²) < 4.78 is 10.1. The molecule has 0 saturated carbocycles. The smallest absolute Gasteiger partial charge is 0.0661 e. The SMILES string of the molecule is c1ccc(N(c2ccc3sc4ccccc4c3c2)c2cc(N(c3ccccc3)c3ccc4sc5ccccc5c4c3)c3sc4ccc(-c5ccc6c(c5)c5ccccc5n6-c5ccccc5)cc4c3c2)cc1. The highest BCUT2D eigenvalue weighted by Crippen LogP contribution is 2.51. The van der Waals surface area contributed by atoms with E-state index in [0.717, 1.165) is 39.8 Å². The minimum absolute atomic E-state index is 1.09. The number of hydrogen-bond donors (Lipinski definition) is 0. The molecule has 0 aliphatic carbocycles. The van der Waals surface area contributed by atoms with Crippen LogP contribution in [0.15, 0.2) is 249 Å². The number of fused-ring (bicyclic) bond motifs is 12. The Bertz CT molecular complexity index is 4580. The van der Waals surface area contributed by atoms with Gasteiger partial charge in [0.05, 0.1) is 21.4 Å². The van der Waals surface area contributed by atoms with Crippen molar-refractivity contribution in [1.82, 2.24) is 4.57 Å². The Labute approximate surface area is 427 Å². The lowest BCUT2D eigenvalue weighted by Crippen LogP contribution is -2.13. The number of nitrogens with zero attached hydrogens (tertiary/aromatic N) is 3. The first kappa shape index (κ1) is 41.3. The molecule has 0 unspecified atom stereocenters. The minimum Gasteiger partial charge on any atom is -0.310 e. The van der Waals surface area contributed by atoms with Crippen molar-refractivity contribution in [2.24, 2.45) is 0 Å². The fourth-order valence-corrected chi connectivity index (χ4v) is 14.4. The maximum Gasteiger partial charge on any atom is 0.0661 e. The predicted molar refractivity (Wildman–Crippen MR) is 314 cm³/mol. The molecule has 0 radical (unpaired) electrons. The second-order valence-electron chi connectivity index (χ2n) is 18.5. The Balaban J connectivity index is 0.992. The van der Waals surface area contributed by atoms with Crippen LogP contribution in [0.4, 0.5) is 34.1 Å². The van der Waals surface area contributed by atoms with E-state index in [-0.39, 0.29) is 0 Å². The van der Waals surface area contributed by atoms with Crippen LogP contribution in [0.1, 0.15) is 0 Å². The molecule has 15 rings (SSSR count). The molecule has 4 heterocycles. The van der Waals surface area contributed by atoms with E-state index < -0.39 is 0 Å². The fourth-order valence-electron chi connectivity index (χ4n) is 11.1. The zero-order valence-electron chi connectivity index (χ0n) is 38.7. The van der Waals surface area contributed by atoms with Crippen LogP contribution in [0.5, 0.6) is 0 Å². The quantitative estimate of drug-likeness (QED) is 0.150. The molecule has 11 aromatic carbocycles. The van der Waals surface area contributed by atoms with Gasteiger partial charge in [-0.15, -0.1) is 34.0 Å². The Morgan fingerprint density at radius 3 is 1.39 bits per heavy atom. The Morgan fingerprint density at radius 1 is 0.264 bits per heavy atom. The highest BCUT2D eigenvalue weighted by molar-refractivity contribution is 7.27. The Kier molecular flexibility index (Phi) is 9.48. The summed E-state index contributed by atoms with van der Waals surface area (Å²) >= 11 is 5.60. The topological polar surface area (TPSA) is 11.4 Å². The summed E-state index contributed by atoms with van der Waals surface area (Å²) in [6, 6.07) is 91.9. The van der Waals surface area contributed by atoms with Crippen molar-refractivity contribution in [3.8, 4) is 16.8 Å². The first-order chi connectivity index (χ1) is 35.7. The van der Waals surface area contributed by atoms with Gasteiger partial charge in [0.25, 0.3) is 0 Å². The largest absolute Gasteiger partial charge is 0.310 e. The lowest BCUT2D eigenvalue weighted by molar-refractivity contribution is 1.18. The molecule has 0 bridgehead atoms. The monoisotopic (exact) mass is 971 g/mol. The van der Waals surface area contributed by atoms with E-state index in [0.29, 0.717) is 0 Å². The van der Waals surface area contributed by atoms with Gasteiger partial charge in [0.2, 0.25) is 0 Å². The van der Waals surface area contributed by atoms with Crippen molar-refractivity contribution in [1.29, 1.82) is 0 Å². The van der Waals surface area contributed by atoms with E-state index in [2.05, 4.69) is 263 Å². The van der Waals surface area contributed by atoms with E-state index in [9.17, 15) is 0 Å². The van der Waals surface area contributed by atoms with Gasteiger partial charge in [0.1, 0.15) is 0 Å². The molecule has 3 nitrogen and oxygen atoms in total. The Hall–Kier alpha value is -8.52. The zero-order valence-corrected chi connectivity index (χ0v) is 41.2. The van der Waals surface area contributed by atoms with Gasteiger partial charge in [-0.3, -0.25) is 0 Å². The van der Waals surface area contributed by atoms with E-state index >= 15 is 0 Å². The first-order valence-corrected chi connectivity index (χ1v) is 26.8. The molecule has 0 amide bonds. The first-order valence-electron chi connectivity index (χ1n) is 24.3. The Morgan fingerprint density at radius 2 is 0.722 bits per heavy atom. The highest BCUT2D eigenvalue weighted by atomic mass is 32.1. The molecule has 4 aromatic heterocycles. The molecule has 0 N–H and O–H groups in total. The van der Waals surface area contributed by atoms with Crippen LogP contribution in [0.3, 0.4) is 0 Å².